The van der Waals surface area contributed by atoms with E-state index in [0.717, 1.165) is 57.5 Å². The standard InChI is InChI=1S/C17H25N3O2/c21-15-6-9-20(10-7-15)12-13-3-1-4-14(11-13)19-17(22)16-5-2-8-18-16/h1,3-4,11,15-16,18,21H,2,5-10,12H2,(H,19,22). The molecule has 0 bridgehead atoms. The second-order valence-corrected chi connectivity index (χ2v) is 6.35. The van der Waals surface area contributed by atoms with Gasteiger partial charge in [0, 0.05) is 25.3 Å². The van der Waals surface area contributed by atoms with E-state index in [1.807, 2.05) is 12.1 Å². The number of likely N-dealkylation sites (tertiary alicyclic amines) is 1. The second kappa shape index (κ2) is 7.22. The quantitative estimate of drug-likeness (QED) is 0.785. The molecule has 3 N–H and O–H groups in total. The zero-order valence-corrected chi connectivity index (χ0v) is 12.9. The number of aliphatic hydroxyl groups is 1. The molecule has 1 atom stereocenters. The maximum Gasteiger partial charge on any atom is 0.241 e. The summed E-state index contributed by atoms with van der Waals surface area (Å²) < 4.78 is 0. The predicted molar refractivity (Wildman–Crippen MR) is 86.6 cm³/mol. The molecule has 1 amide bonds. The van der Waals surface area contributed by atoms with E-state index in [9.17, 15) is 9.90 Å². The number of piperidine rings is 1. The smallest absolute Gasteiger partial charge is 0.241 e. The summed E-state index contributed by atoms with van der Waals surface area (Å²) in [6.45, 7) is 3.67. The van der Waals surface area contributed by atoms with Gasteiger partial charge < -0.3 is 15.7 Å². The molecule has 2 aliphatic heterocycles. The summed E-state index contributed by atoms with van der Waals surface area (Å²) >= 11 is 0. The van der Waals surface area contributed by atoms with Crippen LogP contribution in [0.25, 0.3) is 0 Å². The SMILES string of the molecule is O=C(Nc1cccc(CN2CCC(O)CC2)c1)C1CCCN1. The van der Waals surface area contributed by atoms with E-state index in [1.54, 1.807) is 0 Å². The molecule has 0 radical (unpaired) electrons. The highest BCUT2D eigenvalue weighted by molar-refractivity contribution is 5.95. The van der Waals surface area contributed by atoms with Crippen LogP contribution in [0.5, 0.6) is 0 Å². The van der Waals surface area contributed by atoms with Crippen molar-refractivity contribution in [2.75, 3.05) is 25.0 Å². The lowest BCUT2D eigenvalue weighted by molar-refractivity contribution is -0.117. The minimum atomic E-state index is -0.138. The fraction of sp³-hybridized carbons (Fsp3) is 0.588. The highest BCUT2D eigenvalue weighted by Crippen LogP contribution is 2.17. The molecule has 1 aromatic carbocycles. The van der Waals surface area contributed by atoms with Crippen molar-refractivity contribution in [3.63, 3.8) is 0 Å². The Balaban J connectivity index is 1.56. The minimum Gasteiger partial charge on any atom is -0.393 e. The summed E-state index contributed by atoms with van der Waals surface area (Å²) in [5, 5.41) is 15.8. The van der Waals surface area contributed by atoms with E-state index in [-0.39, 0.29) is 18.1 Å². The third-order valence-corrected chi connectivity index (χ3v) is 4.53. The number of amides is 1. The molecule has 0 saturated carbocycles. The average Bonchev–Trinajstić information content (AvgIpc) is 3.04. The van der Waals surface area contributed by atoms with Crippen molar-refractivity contribution in [2.24, 2.45) is 0 Å². The van der Waals surface area contributed by atoms with Crippen molar-refractivity contribution in [3.8, 4) is 0 Å². The first-order chi connectivity index (χ1) is 10.7. The minimum absolute atomic E-state index is 0.0489. The Bertz CT molecular complexity index is 506. The normalized spacial score (nSPS) is 23.6. The number of carbonyl (C=O) groups is 1. The predicted octanol–water partition coefficient (Wildman–Crippen LogP) is 1.33. The molecule has 5 nitrogen and oxygen atoms in total. The summed E-state index contributed by atoms with van der Waals surface area (Å²) in [6, 6.07) is 8.03. The van der Waals surface area contributed by atoms with Gasteiger partial charge >= 0.3 is 0 Å². The second-order valence-electron chi connectivity index (χ2n) is 6.35. The maximum atomic E-state index is 12.1. The van der Waals surface area contributed by atoms with Crippen LogP contribution < -0.4 is 10.6 Å². The van der Waals surface area contributed by atoms with E-state index in [1.165, 1.54) is 5.56 Å². The first-order valence-electron chi connectivity index (χ1n) is 8.24. The monoisotopic (exact) mass is 303 g/mol. The van der Waals surface area contributed by atoms with Crippen LogP contribution in [-0.2, 0) is 11.3 Å². The molecular weight excluding hydrogens is 278 g/mol. The number of rotatable bonds is 4. The first kappa shape index (κ1) is 15.5. The van der Waals surface area contributed by atoms with Crippen molar-refractivity contribution in [1.29, 1.82) is 0 Å². The summed E-state index contributed by atoms with van der Waals surface area (Å²) in [7, 11) is 0. The molecule has 1 aromatic rings. The molecule has 2 heterocycles. The van der Waals surface area contributed by atoms with Crippen molar-refractivity contribution in [1.82, 2.24) is 10.2 Å². The fourth-order valence-electron chi connectivity index (χ4n) is 3.22. The molecule has 120 valence electrons. The molecule has 0 aliphatic carbocycles. The number of hydrogen-bond acceptors (Lipinski definition) is 4. The van der Waals surface area contributed by atoms with E-state index in [4.69, 9.17) is 0 Å². The molecule has 22 heavy (non-hydrogen) atoms. The molecule has 3 rings (SSSR count). The first-order valence-corrected chi connectivity index (χ1v) is 8.24. The molecule has 2 fully saturated rings. The average molecular weight is 303 g/mol. The van der Waals surface area contributed by atoms with Gasteiger partial charge in [-0.2, -0.15) is 0 Å². The lowest BCUT2D eigenvalue weighted by Gasteiger charge is -2.29. The van der Waals surface area contributed by atoms with Gasteiger partial charge in [0.15, 0.2) is 0 Å². The Morgan fingerprint density at radius 3 is 2.86 bits per heavy atom. The van der Waals surface area contributed by atoms with Crippen LogP contribution in [0.4, 0.5) is 5.69 Å². The van der Waals surface area contributed by atoms with E-state index in [2.05, 4.69) is 27.7 Å². The molecule has 0 spiro atoms. The Morgan fingerprint density at radius 1 is 1.32 bits per heavy atom. The third-order valence-electron chi connectivity index (χ3n) is 4.53. The van der Waals surface area contributed by atoms with Gasteiger partial charge in [0.1, 0.15) is 0 Å². The van der Waals surface area contributed by atoms with E-state index in [0.29, 0.717) is 0 Å². The van der Waals surface area contributed by atoms with Crippen molar-refractivity contribution in [2.45, 2.75) is 44.4 Å². The third kappa shape index (κ3) is 4.06. The van der Waals surface area contributed by atoms with Crippen molar-refractivity contribution >= 4 is 11.6 Å². The summed E-state index contributed by atoms with van der Waals surface area (Å²) in [5.74, 6) is 0.0655. The number of aliphatic hydroxyl groups excluding tert-OH is 1. The molecule has 2 aliphatic rings. The molecule has 2 saturated heterocycles. The van der Waals surface area contributed by atoms with Gasteiger partial charge in [0.05, 0.1) is 12.1 Å². The Labute approximate surface area is 131 Å². The van der Waals surface area contributed by atoms with Crippen LogP contribution in [-0.4, -0.2) is 47.7 Å². The maximum absolute atomic E-state index is 12.1. The zero-order valence-electron chi connectivity index (χ0n) is 12.9. The number of benzene rings is 1. The van der Waals surface area contributed by atoms with Gasteiger partial charge in [-0.25, -0.2) is 0 Å². The van der Waals surface area contributed by atoms with Crippen LogP contribution in [0.2, 0.25) is 0 Å². The molecule has 1 unspecified atom stereocenters. The number of nitrogens with one attached hydrogen (secondary N) is 2. The Morgan fingerprint density at radius 2 is 2.14 bits per heavy atom. The van der Waals surface area contributed by atoms with Gasteiger partial charge in [-0.3, -0.25) is 9.69 Å². The molecule has 5 heteroatoms. The Kier molecular flexibility index (Phi) is 5.08. The largest absolute Gasteiger partial charge is 0.393 e. The summed E-state index contributed by atoms with van der Waals surface area (Å²) in [6.07, 6.45) is 3.55. The van der Waals surface area contributed by atoms with Gasteiger partial charge in [0.2, 0.25) is 5.91 Å². The lowest BCUT2D eigenvalue weighted by atomic mass is 10.1. The van der Waals surface area contributed by atoms with Crippen LogP contribution in [0.3, 0.4) is 0 Å². The van der Waals surface area contributed by atoms with Crippen LogP contribution >= 0.6 is 0 Å². The summed E-state index contributed by atoms with van der Waals surface area (Å²) in [5.41, 5.74) is 2.07. The van der Waals surface area contributed by atoms with E-state index >= 15 is 0 Å². The molecule has 0 aromatic heterocycles. The topological polar surface area (TPSA) is 64.6 Å². The molecular formula is C17H25N3O2. The fourth-order valence-corrected chi connectivity index (χ4v) is 3.22. The van der Waals surface area contributed by atoms with Crippen molar-refractivity contribution in [3.05, 3.63) is 29.8 Å². The van der Waals surface area contributed by atoms with Gasteiger partial charge in [0.25, 0.3) is 0 Å². The number of hydrogen-bond donors (Lipinski definition) is 3. The summed E-state index contributed by atoms with van der Waals surface area (Å²) in [4.78, 5) is 14.5. The number of anilines is 1. The van der Waals surface area contributed by atoms with Gasteiger partial charge in [-0.1, -0.05) is 12.1 Å². The van der Waals surface area contributed by atoms with Crippen LogP contribution in [0.1, 0.15) is 31.2 Å². The van der Waals surface area contributed by atoms with Gasteiger partial charge in [-0.05, 0) is 49.9 Å². The van der Waals surface area contributed by atoms with E-state index < -0.39 is 0 Å². The van der Waals surface area contributed by atoms with Gasteiger partial charge in [-0.15, -0.1) is 0 Å². The zero-order chi connectivity index (χ0) is 15.4. The number of carbonyl (C=O) groups excluding carboxylic acids is 1. The van der Waals surface area contributed by atoms with Crippen LogP contribution in [0.15, 0.2) is 24.3 Å². The highest BCUT2D eigenvalue weighted by atomic mass is 16.3. The number of nitrogens with zero attached hydrogens (tertiary/aromatic N) is 1. The Hall–Kier alpha value is -1.43. The highest BCUT2D eigenvalue weighted by Gasteiger charge is 2.22. The van der Waals surface area contributed by atoms with Crippen molar-refractivity contribution < 1.29 is 9.90 Å². The van der Waals surface area contributed by atoms with Crippen LogP contribution in [0, 0.1) is 0 Å². The lowest BCUT2D eigenvalue weighted by Crippen LogP contribution is -2.36.